The van der Waals surface area contributed by atoms with Crippen LogP contribution in [0, 0.1) is 5.92 Å². The number of nitrogens with zero attached hydrogens (tertiary/aromatic N) is 1. The number of hydrogen-bond acceptors (Lipinski definition) is 5. The highest BCUT2D eigenvalue weighted by atomic mass is 16.5. The third kappa shape index (κ3) is 5.81. The van der Waals surface area contributed by atoms with Crippen LogP contribution in [-0.2, 0) is 16.1 Å². The van der Waals surface area contributed by atoms with Crippen LogP contribution in [-0.4, -0.2) is 34.6 Å². The molecule has 1 aromatic rings. The van der Waals surface area contributed by atoms with Crippen molar-refractivity contribution in [1.82, 2.24) is 10.3 Å². The summed E-state index contributed by atoms with van der Waals surface area (Å²) in [4.78, 5) is 27.6. The topological polar surface area (TPSA) is 88.5 Å². The number of carbonyl (C=O) groups excluding carboxylic acids is 2. The molecule has 1 unspecified atom stereocenters. The van der Waals surface area contributed by atoms with Crippen LogP contribution in [0.3, 0.4) is 0 Å². The maximum atomic E-state index is 11.9. The molecule has 0 radical (unpaired) electrons. The van der Waals surface area contributed by atoms with Gasteiger partial charge < -0.3 is 15.2 Å². The number of rotatable bonds is 8. The molecule has 0 aliphatic carbocycles. The molecule has 1 amide bonds. The number of esters is 1. The summed E-state index contributed by atoms with van der Waals surface area (Å²) in [7, 11) is 0. The van der Waals surface area contributed by atoms with Crippen LogP contribution in [0.5, 0.6) is 0 Å². The lowest BCUT2D eigenvalue weighted by molar-refractivity contribution is -0.150. The average Bonchev–Trinajstić information content (AvgIpc) is 2.52. The Morgan fingerprint density at radius 3 is 2.59 bits per heavy atom. The minimum Gasteiger partial charge on any atom is -0.461 e. The highest BCUT2D eigenvalue weighted by Crippen LogP contribution is 2.12. The van der Waals surface area contributed by atoms with Crippen molar-refractivity contribution < 1.29 is 19.4 Å². The van der Waals surface area contributed by atoms with Gasteiger partial charge in [0.05, 0.1) is 17.9 Å². The Balaban J connectivity index is 2.46. The van der Waals surface area contributed by atoms with Gasteiger partial charge in [-0.25, -0.2) is 0 Å². The minimum absolute atomic E-state index is 0.125. The van der Waals surface area contributed by atoms with Gasteiger partial charge in [0, 0.05) is 6.20 Å². The molecular weight excluding hydrogens is 284 g/mol. The fourth-order valence-electron chi connectivity index (χ4n) is 1.93. The predicted octanol–water partition coefficient (Wildman–Crippen LogP) is 1.67. The predicted molar refractivity (Wildman–Crippen MR) is 82.1 cm³/mol. The molecule has 122 valence electrons. The van der Waals surface area contributed by atoms with Crippen LogP contribution in [0.15, 0.2) is 18.3 Å². The second-order valence-corrected chi connectivity index (χ2v) is 5.44. The van der Waals surface area contributed by atoms with Crippen molar-refractivity contribution in [1.29, 1.82) is 0 Å². The number of ether oxygens (including phenoxy) is 1. The molecule has 0 saturated heterocycles. The number of hydrogen-bond donors (Lipinski definition) is 2. The van der Waals surface area contributed by atoms with E-state index in [0.717, 1.165) is 12.8 Å². The fourth-order valence-corrected chi connectivity index (χ4v) is 1.93. The quantitative estimate of drug-likeness (QED) is 0.713. The van der Waals surface area contributed by atoms with Gasteiger partial charge in [-0.2, -0.15) is 0 Å². The molecule has 22 heavy (non-hydrogen) atoms. The van der Waals surface area contributed by atoms with Crippen molar-refractivity contribution in [2.24, 2.45) is 5.92 Å². The van der Waals surface area contributed by atoms with Gasteiger partial charge in [0.25, 0.3) is 5.91 Å². The first-order valence-corrected chi connectivity index (χ1v) is 7.51. The Labute approximate surface area is 130 Å². The molecule has 0 fully saturated rings. The van der Waals surface area contributed by atoms with Crippen molar-refractivity contribution in [2.45, 2.75) is 46.3 Å². The molecule has 1 heterocycles. The van der Waals surface area contributed by atoms with Gasteiger partial charge in [-0.1, -0.05) is 27.2 Å². The van der Waals surface area contributed by atoms with Crippen molar-refractivity contribution in [3.63, 3.8) is 0 Å². The first kappa shape index (κ1) is 18.1. The van der Waals surface area contributed by atoms with Gasteiger partial charge in [0.15, 0.2) is 0 Å². The number of aliphatic hydroxyl groups is 1. The number of pyridine rings is 1. The first-order valence-electron chi connectivity index (χ1n) is 7.51. The van der Waals surface area contributed by atoms with Crippen LogP contribution in [0.1, 0.15) is 49.7 Å². The first-order chi connectivity index (χ1) is 10.5. The highest BCUT2D eigenvalue weighted by molar-refractivity contribution is 5.95. The summed E-state index contributed by atoms with van der Waals surface area (Å²) in [6, 6.07) is 3.11. The summed E-state index contributed by atoms with van der Waals surface area (Å²) in [5.41, 5.74) is 0.814. The van der Waals surface area contributed by atoms with E-state index in [1.54, 1.807) is 12.1 Å². The number of nitrogens with one attached hydrogen (secondary N) is 1. The number of amides is 1. The number of aliphatic hydroxyl groups excluding tert-OH is 1. The van der Waals surface area contributed by atoms with Crippen LogP contribution in [0.25, 0.3) is 0 Å². The van der Waals surface area contributed by atoms with E-state index in [1.165, 1.54) is 6.20 Å². The molecule has 1 rings (SSSR count). The van der Waals surface area contributed by atoms with E-state index in [1.807, 2.05) is 20.8 Å². The summed E-state index contributed by atoms with van der Waals surface area (Å²) >= 11 is 0. The monoisotopic (exact) mass is 308 g/mol. The van der Waals surface area contributed by atoms with Crippen molar-refractivity contribution in [2.75, 3.05) is 6.54 Å². The standard InChI is InChI=1S/C16H24N2O4/c1-4-5-14(11(2)3)22-15(20)9-18-16(21)12-6-7-13(10-19)17-8-12/h6-8,11,14,19H,4-5,9-10H2,1-3H3,(H,18,21). The maximum absolute atomic E-state index is 11.9. The average molecular weight is 308 g/mol. The van der Waals surface area contributed by atoms with E-state index in [9.17, 15) is 9.59 Å². The molecule has 1 aromatic heterocycles. The molecule has 0 aromatic carbocycles. The van der Waals surface area contributed by atoms with Crippen molar-refractivity contribution in [3.8, 4) is 0 Å². The van der Waals surface area contributed by atoms with E-state index >= 15 is 0 Å². The van der Waals surface area contributed by atoms with Gasteiger partial charge in [-0.3, -0.25) is 14.6 Å². The largest absolute Gasteiger partial charge is 0.461 e. The van der Waals surface area contributed by atoms with Crippen molar-refractivity contribution >= 4 is 11.9 Å². The normalized spacial score (nSPS) is 12.0. The second-order valence-electron chi connectivity index (χ2n) is 5.44. The van der Waals surface area contributed by atoms with E-state index in [-0.39, 0.29) is 25.2 Å². The molecule has 1 atom stereocenters. The van der Waals surface area contributed by atoms with E-state index in [4.69, 9.17) is 9.84 Å². The zero-order chi connectivity index (χ0) is 16.5. The Morgan fingerprint density at radius 1 is 1.36 bits per heavy atom. The minimum atomic E-state index is -0.444. The second kappa shape index (κ2) is 9.15. The Hall–Kier alpha value is -1.95. The van der Waals surface area contributed by atoms with Crippen LogP contribution < -0.4 is 5.32 Å². The third-order valence-corrected chi connectivity index (χ3v) is 3.24. The molecule has 0 bridgehead atoms. The lowest BCUT2D eigenvalue weighted by Crippen LogP contribution is -2.34. The van der Waals surface area contributed by atoms with Gasteiger partial charge in [-0.15, -0.1) is 0 Å². The van der Waals surface area contributed by atoms with E-state index in [0.29, 0.717) is 11.3 Å². The number of carbonyl (C=O) groups is 2. The number of aromatic nitrogens is 1. The molecule has 6 heteroatoms. The molecule has 0 spiro atoms. The van der Waals surface area contributed by atoms with E-state index in [2.05, 4.69) is 10.3 Å². The molecule has 0 aliphatic rings. The zero-order valence-electron chi connectivity index (χ0n) is 13.3. The van der Waals surface area contributed by atoms with Crippen LogP contribution >= 0.6 is 0 Å². The third-order valence-electron chi connectivity index (χ3n) is 3.24. The fraction of sp³-hybridized carbons (Fsp3) is 0.562. The summed E-state index contributed by atoms with van der Waals surface area (Å²) in [5, 5.41) is 11.4. The van der Waals surface area contributed by atoms with Gasteiger partial charge in [0.1, 0.15) is 12.6 Å². The summed E-state index contributed by atoms with van der Waals surface area (Å²) in [5.74, 6) is -0.596. The van der Waals surface area contributed by atoms with Crippen molar-refractivity contribution in [3.05, 3.63) is 29.6 Å². The van der Waals surface area contributed by atoms with Gasteiger partial charge in [-0.05, 0) is 24.5 Å². The molecule has 0 saturated carbocycles. The Morgan fingerprint density at radius 2 is 2.09 bits per heavy atom. The molecule has 6 nitrogen and oxygen atoms in total. The zero-order valence-corrected chi connectivity index (χ0v) is 13.3. The lowest BCUT2D eigenvalue weighted by Gasteiger charge is -2.20. The molecular formula is C16H24N2O4. The van der Waals surface area contributed by atoms with Gasteiger partial charge >= 0.3 is 5.97 Å². The molecule has 0 aliphatic heterocycles. The molecule has 2 N–H and O–H groups in total. The lowest BCUT2D eigenvalue weighted by atomic mass is 10.0. The SMILES string of the molecule is CCCC(OC(=O)CNC(=O)c1ccc(CO)nc1)C(C)C. The van der Waals surface area contributed by atoms with Gasteiger partial charge in [0.2, 0.25) is 0 Å². The van der Waals surface area contributed by atoms with Crippen LogP contribution in [0.2, 0.25) is 0 Å². The van der Waals surface area contributed by atoms with Crippen LogP contribution in [0.4, 0.5) is 0 Å². The summed E-state index contributed by atoms with van der Waals surface area (Å²) in [6.45, 7) is 5.69. The van der Waals surface area contributed by atoms with E-state index < -0.39 is 11.9 Å². The maximum Gasteiger partial charge on any atom is 0.325 e. The highest BCUT2D eigenvalue weighted by Gasteiger charge is 2.18. The Kier molecular flexibility index (Phi) is 7.52. The Bertz CT molecular complexity index is 485. The summed E-state index contributed by atoms with van der Waals surface area (Å²) < 4.78 is 5.37. The smallest absolute Gasteiger partial charge is 0.325 e. The summed E-state index contributed by atoms with van der Waals surface area (Å²) in [6.07, 6.45) is 2.98.